The van der Waals surface area contributed by atoms with E-state index in [9.17, 15) is 4.79 Å². The highest BCUT2D eigenvalue weighted by Crippen LogP contribution is 2.29. The molecule has 3 aromatic heterocycles. The van der Waals surface area contributed by atoms with Gasteiger partial charge in [-0.3, -0.25) is 4.79 Å². The third kappa shape index (κ3) is 3.91. The molecule has 0 radical (unpaired) electrons. The molecule has 0 N–H and O–H groups in total. The first-order chi connectivity index (χ1) is 15.2. The second-order valence-corrected chi connectivity index (χ2v) is 8.26. The number of carbonyl (C=O) groups excluding carboxylic acids is 1. The molecular formula is C22H21N7OS. The van der Waals surface area contributed by atoms with E-state index in [2.05, 4.69) is 25.0 Å². The summed E-state index contributed by atoms with van der Waals surface area (Å²) in [5, 5.41) is 5.11. The van der Waals surface area contributed by atoms with Gasteiger partial charge in [-0.1, -0.05) is 30.3 Å². The van der Waals surface area contributed by atoms with Gasteiger partial charge in [0, 0.05) is 50.2 Å². The first kappa shape index (κ1) is 19.4. The maximum Gasteiger partial charge on any atom is 0.265 e. The van der Waals surface area contributed by atoms with E-state index in [1.165, 1.54) is 11.3 Å². The molecule has 0 aliphatic carbocycles. The summed E-state index contributed by atoms with van der Waals surface area (Å²) >= 11 is 1.47. The lowest BCUT2D eigenvalue weighted by molar-refractivity contribution is 0.0750. The molecule has 1 aliphatic heterocycles. The molecule has 31 heavy (non-hydrogen) atoms. The lowest BCUT2D eigenvalue weighted by atomic mass is 10.2. The van der Waals surface area contributed by atoms with Crippen molar-refractivity contribution in [1.82, 2.24) is 29.6 Å². The van der Waals surface area contributed by atoms with Crippen LogP contribution in [0.4, 0.5) is 5.82 Å². The minimum absolute atomic E-state index is 0.0525. The Hall–Kier alpha value is -3.59. The fraction of sp³-hybridized carbons (Fsp3) is 0.227. The van der Waals surface area contributed by atoms with Crippen molar-refractivity contribution < 1.29 is 4.79 Å². The third-order valence-corrected chi connectivity index (χ3v) is 6.47. The summed E-state index contributed by atoms with van der Waals surface area (Å²) in [5.74, 6) is 1.62. The minimum Gasteiger partial charge on any atom is -0.353 e. The zero-order valence-electron chi connectivity index (χ0n) is 17.0. The Morgan fingerprint density at radius 2 is 1.77 bits per heavy atom. The Kier molecular flexibility index (Phi) is 5.17. The van der Waals surface area contributed by atoms with Crippen LogP contribution in [0.1, 0.15) is 15.4 Å². The number of thiazole rings is 1. The van der Waals surface area contributed by atoms with Crippen LogP contribution in [0.3, 0.4) is 0 Å². The van der Waals surface area contributed by atoms with Crippen LogP contribution in [0.15, 0.2) is 61.2 Å². The quantitative estimate of drug-likeness (QED) is 0.494. The monoisotopic (exact) mass is 431 g/mol. The van der Waals surface area contributed by atoms with Gasteiger partial charge in [0.1, 0.15) is 22.0 Å². The predicted molar refractivity (Wildman–Crippen MR) is 120 cm³/mol. The lowest BCUT2D eigenvalue weighted by Crippen LogP contribution is -2.49. The van der Waals surface area contributed by atoms with Crippen molar-refractivity contribution in [3.8, 4) is 16.4 Å². The van der Waals surface area contributed by atoms with Gasteiger partial charge in [0.25, 0.3) is 5.91 Å². The summed E-state index contributed by atoms with van der Waals surface area (Å²) in [7, 11) is 0. The molecule has 0 spiro atoms. The topological polar surface area (TPSA) is 80.0 Å². The fourth-order valence-electron chi connectivity index (χ4n) is 3.62. The van der Waals surface area contributed by atoms with Crippen molar-refractivity contribution in [2.45, 2.75) is 6.92 Å². The van der Waals surface area contributed by atoms with E-state index in [0.29, 0.717) is 26.2 Å². The SMILES string of the molecule is Cc1nc(-c2ccccc2)sc1C(=O)N1CCN(c2cc(-n3cccn3)ncn2)CC1. The normalized spacial score (nSPS) is 14.1. The van der Waals surface area contributed by atoms with Crippen LogP contribution in [-0.2, 0) is 0 Å². The van der Waals surface area contributed by atoms with Crippen LogP contribution in [0.25, 0.3) is 16.4 Å². The highest BCUT2D eigenvalue weighted by Gasteiger charge is 2.26. The van der Waals surface area contributed by atoms with Crippen molar-refractivity contribution in [3.05, 3.63) is 71.8 Å². The number of aromatic nitrogens is 5. The van der Waals surface area contributed by atoms with Crippen molar-refractivity contribution in [1.29, 1.82) is 0 Å². The van der Waals surface area contributed by atoms with Gasteiger partial charge in [0.15, 0.2) is 5.82 Å². The minimum atomic E-state index is 0.0525. The van der Waals surface area contributed by atoms with Crippen LogP contribution in [0.5, 0.6) is 0 Å². The summed E-state index contributed by atoms with van der Waals surface area (Å²) < 4.78 is 1.71. The molecule has 0 bridgehead atoms. The Morgan fingerprint density at radius 1 is 1.00 bits per heavy atom. The number of hydrogen-bond acceptors (Lipinski definition) is 7. The number of benzene rings is 1. The molecule has 1 aliphatic rings. The van der Waals surface area contributed by atoms with Gasteiger partial charge >= 0.3 is 0 Å². The van der Waals surface area contributed by atoms with Crippen molar-refractivity contribution in [2.75, 3.05) is 31.1 Å². The Balaban J connectivity index is 1.28. The maximum absolute atomic E-state index is 13.2. The van der Waals surface area contributed by atoms with Gasteiger partial charge in [-0.2, -0.15) is 5.10 Å². The zero-order valence-corrected chi connectivity index (χ0v) is 17.9. The molecule has 5 rings (SSSR count). The average Bonchev–Trinajstić information content (AvgIpc) is 3.50. The number of anilines is 1. The molecule has 9 heteroatoms. The van der Waals surface area contributed by atoms with Crippen molar-refractivity contribution in [2.24, 2.45) is 0 Å². The average molecular weight is 432 g/mol. The molecule has 8 nitrogen and oxygen atoms in total. The van der Waals surface area contributed by atoms with E-state index in [0.717, 1.165) is 32.8 Å². The molecule has 0 saturated carbocycles. The summed E-state index contributed by atoms with van der Waals surface area (Å²) in [5.41, 5.74) is 1.83. The van der Waals surface area contributed by atoms with Gasteiger partial charge in [-0.05, 0) is 13.0 Å². The van der Waals surface area contributed by atoms with E-state index in [1.807, 2.05) is 60.5 Å². The van der Waals surface area contributed by atoms with Crippen molar-refractivity contribution >= 4 is 23.1 Å². The van der Waals surface area contributed by atoms with Gasteiger partial charge < -0.3 is 9.80 Å². The van der Waals surface area contributed by atoms with Crippen LogP contribution >= 0.6 is 11.3 Å². The van der Waals surface area contributed by atoms with Crippen molar-refractivity contribution in [3.63, 3.8) is 0 Å². The van der Waals surface area contributed by atoms with Gasteiger partial charge in [0.2, 0.25) is 0 Å². The molecular weight excluding hydrogens is 410 g/mol. The van der Waals surface area contributed by atoms with E-state index < -0.39 is 0 Å². The molecule has 1 saturated heterocycles. The number of hydrogen-bond donors (Lipinski definition) is 0. The highest BCUT2D eigenvalue weighted by molar-refractivity contribution is 7.17. The smallest absolute Gasteiger partial charge is 0.265 e. The van der Waals surface area contributed by atoms with Crippen LogP contribution in [0.2, 0.25) is 0 Å². The molecule has 0 atom stereocenters. The molecule has 1 amide bonds. The molecule has 4 heterocycles. The number of piperazine rings is 1. The molecule has 4 aromatic rings. The zero-order chi connectivity index (χ0) is 21.2. The van der Waals surface area contributed by atoms with Gasteiger partial charge in [-0.25, -0.2) is 19.6 Å². The van der Waals surface area contributed by atoms with Gasteiger partial charge in [0.05, 0.1) is 5.69 Å². The maximum atomic E-state index is 13.2. The third-order valence-electron chi connectivity index (χ3n) is 5.28. The second-order valence-electron chi connectivity index (χ2n) is 7.26. The Morgan fingerprint density at radius 3 is 2.52 bits per heavy atom. The molecule has 1 aromatic carbocycles. The van der Waals surface area contributed by atoms with E-state index in [4.69, 9.17) is 0 Å². The largest absolute Gasteiger partial charge is 0.353 e. The predicted octanol–water partition coefficient (Wildman–Crippen LogP) is 3.06. The summed E-state index contributed by atoms with van der Waals surface area (Å²) in [6.07, 6.45) is 5.12. The fourth-order valence-corrected chi connectivity index (χ4v) is 4.66. The number of aryl methyl sites for hydroxylation is 1. The standard InChI is InChI=1S/C22H21N7OS/c1-16-20(31-21(26-16)17-6-3-2-4-7-17)22(30)28-12-10-27(11-13-28)18-14-19(24-15-23-18)29-9-5-8-25-29/h2-9,14-15H,10-13H2,1H3. The number of amides is 1. The number of nitrogens with zero attached hydrogens (tertiary/aromatic N) is 7. The second kappa shape index (κ2) is 8.27. The molecule has 156 valence electrons. The summed E-state index contributed by atoms with van der Waals surface area (Å²) in [6.45, 7) is 4.61. The van der Waals surface area contributed by atoms with Gasteiger partial charge in [-0.15, -0.1) is 11.3 Å². The Labute approximate surface area is 183 Å². The summed E-state index contributed by atoms with van der Waals surface area (Å²) in [6, 6.07) is 13.8. The Bertz CT molecular complexity index is 1180. The molecule has 0 unspecified atom stereocenters. The first-order valence-electron chi connectivity index (χ1n) is 10.1. The van der Waals surface area contributed by atoms with Crippen LogP contribution < -0.4 is 4.90 Å². The first-order valence-corrected chi connectivity index (χ1v) is 10.9. The highest BCUT2D eigenvalue weighted by atomic mass is 32.1. The summed E-state index contributed by atoms with van der Waals surface area (Å²) in [4.78, 5) is 31.3. The van der Waals surface area contributed by atoms with Crippen LogP contribution in [0, 0.1) is 6.92 Å². The van der Waals surface area contributed by atoms with E-state index >= 15 is 0 Å². The number of carbonyl (C=O) groups is 1. The van der Waals surface area contributed by atoms with E-state index in [-0.39, 0.29) is 5.91 Å². The number of rotatable bonds is 4. The lowest BCUT2D eigenvalue weighted by Gasteiger charge is -2.35. The van der Waals surface area contributed by atoms with E-state index in [1.54, 1.807) is 17.2 Å². The molecule has 1 fully saturated rings. The van der Waals surface area contributed by atoms with Crippen LogP contribution in [-0.4, -0.2) is 61.7 Å².